The molecule has 6 heteroatoms. The number of carbonyl (C=O) groups is 1. The Bertz CT molecular complexity index is 801. The molecule has 1 saturated carbocycles. The number of rotatable bonds is 9. The van der Waals surface area contributed by atoms with Crippen LogP contribution in [0.2, 0.25) is 0 Å². The molecule has 0 amide bonds. The summed E-state index contributed by atoms with van der Waals surface area (Å²) in [5.74, 6) is 2.36. The summed E-state index contributed by atoms with van der Waals surface area (Å²) in [5.41, 5.74) is 3.03. The molecule has 28 heavy (non-hydrogen) atoms. The molecule has 3 rings (SSSR count). The number of nitrogens with zero attached hydrogens (tertiary/aromatic N) is 3. The van der Waals surface area contributed by atoms with Crippen LogP contribution in [0.5, 0.6) is 11.5 Å². The maximum atomic E-state index is 11.2. The van der Waals surface area contributed by atoms with Gasteiger partial charge in [-0.15, -0.1) is 0 Å². The minimum atomic E-state index is 0.263. The quantitative estimate of drug-likeness (QED) is 0.618. The second kappa shape index (κ2) is 8.95. The number of aldehydes is 1. The molecule has 0 saturated heterocycles. The Hall–Kier alpha value is -2.76. The van der Waals surface area contributed by atoms with E-state index < -0.39 is 0 Å². The SMILES string of the molecule is COc1cc(CC=O)c(CN(C)c2ccc(N(C)C)nc2)cc1OC1CCC1. The van der Waals surface area contributed by atoms with Crippen molar-refractivity contribution in [2.45, 2.75) is 38.3 Å². The van der Waals surface area contributed by atoms with E-state index in [4.69, 9.17) is 9.47 Å². The van der Waals surface area contributed by atoms with Gasteiger partial charge in [-0.1, -0.05) is 0 Å². The van der Waals surface area contributed by atoms with Crippen LogP contribution >= 0.6 is 0 Å². The van der Waals surface area contributed by atoms with Crippen molar-refractivity contribution in [1.29, 1.82) is 0 Å². The Morgan fingerprint density at radius 1 is 1.14 bits per heavy atom. The van der Waals surface area contributed by atoms with Gasteiger partial charge in [0.2, 0.25) is 0 Å². The second-order valence-corrected chi connectivity index (χ2v) is 7.44. The van der Waals surface area contributed by atoms with Crippen LogP contribution in [0.15, 0.2) is 30.5 Å². The Kier molecular flexibility index (Phi) is 6.39. The molecule has 0 N–H and O–H groups in total. The third kappa shape index (κ3) is 4.55. The van der Waals surface area contributed by atoms with Crippen molar-refractivity contribution in [2.75, 3.05) is 38.1 Å². The summed E-state index contributed by atoms with van der Waals surface area (Å²) in [6.07, 6.45) is 6.78. The molecular weight excluding hydrogens is 354 g/mol. The van der Waals surface area contributed by atoms with Gasteiger partial charge in [0.25, 0.3) is 0 Å². The zero-order chi connectivity index (χ0) is 20.1. The van der Waals surface area contributed by atoms with E-state index in [0.29, 0.717) is 18.7 Å². The molecule has 1 aliphatic rings. The van der Waals surface area contributed by atoms with Crippen molar-refractivity contribution >= 4 is 17.8 Å². The molecule has 1 fully saturated rings. The summed E-state index contributed by atoms with van der Waals surface area (Å²) in [4.78, 5) is 19.8. The highest BCUT2D eigenvalue weighted by Gasteiger charge is 2.22. The largest absolute Gasteiger partial charge is 0.493 e. The number of methoxy groups -OCH3 is 1. The average Bonchev–Trinajstić information content (AvgIpc) is 2.66. The molecule has 0 unspecified atom stereocenters. The van der Waals surface area contributed by atoms with E-state index in [2.05, 4.69) is 16.0 Å². The minimum absolute atomic E-state index is 0.263. The molecule has 150 valence electrons. The maximum absolute atomic E-state index is 11.2. The van der Waals surface area contributed by atoms with E-state index in [9.17, 15) is 4.79 Å². The number of anilines is 2. The first-order valence-electron chi connectivity index (χ1n) is 9.66. The summed E-state index contributed by atoms with van der Waals surface area (Å²) in [7, 11) is 7.60. The highest BCUT2D eigenvalue weighted by molar-refractivity contribution is 5.60. The van der Waals surface area contributed by atoms with Gasteiger partial charge < -0.3 is 24.1 Å². The highest BCUT2D eigenvalue weighted by atomic mass is 16.5. The monoisotopic (exact) mass is 383 g/mol. The van der Waals surface area contributed by atoms with Crippen molar-refractivity contribution in [3.63, 3.8) is 0 Å². The van der Waals surface area contributed by atoms with Crippen molar-refractivity contribution < 1.29 is 14.3 Å². The van der Waals surface area contributed by atoms with Crippen LogP contribution in [-0.4, -0.2) is 45.6 Å². The topological polar surface area (TPSA) is 54.9 Å². The lowest BCUT2D eigenvalue weighted by Gasteiger charge is -2.28. The smallest absolute Gasteiger partial charge is 0.161 e. The molecule has 2 aromatic rings. The number of aromatic nitrogens is 1. The van der Waals surface area contributed by atoms with E-state index in [-0.39, 0.29) is 6.10 Å². The summed E-state index contributed by atoms with van der Waals surface area (Å²) in [6.45, 7) is 0.650. The third-order valence-corrected chi connectivity index (χ3v) is 5.17. The Morgan fingerprint density at radius 3 is 2.43 bits per heavy atom. The Balaban J connectivity index is 1.85. The van der Waals surface area contributed by atoms with Crippen LogP contribution in [0.3, 0.4) is 0 Å². The normalized spacial score (nSPS) is 13.6. The molecule has 1 aromatic carbocycles. The summed E-state index contributed by atoms with van der Waals surface area (Å²) >= 11 is 0. The molecule has 1 aromatic heterocycles. The zero-order valence-corrected chi connectivity index (χ0v) is 17.1. The van der Waals surface area contributed by atoms with Gasteiger partial charge in [0, 0.05) is 34.1 Å². The average molecular weight is 383 g/mol. The van der Waals surface area contributed by atoms with Crippen LogP contribution < -0.4 is 19.3 Å². The van der Waals surface area contributed by atoms with Gasteiger partial charge in [-0.05, 0) is 54.7 Å². The van der Waals surface area contributed by atoms with Gasteiger partial charge in [-0.25, -0.2) is 4.98 Å². The third-order valence-electron chi connectivity index (χ3n) is 5.17. The number of pyridine rings is 1. The van der Waals surface area contributed by atoms with Crippen LogP contribution in [-0.2, 0) is 17.8 Å². The van der Waals surface area contributed by atoms with Crippen molar-refractivity contribution in [3.8, 4) is 11.5 Å². The summed E-state index contributed by atoms with van der Waals surface area (Å²) < 4.78 is 11.6. The molecule has 1 aliphatic carbocycles. The lowest BCUT2D eigenvalue weighted by molar-refractivity contribution is -0.107. The lowest BCUT2D eigenvalue weighted by Crippen LogP contribution is -2.25. The fraction of sp³-hybridized carbons (Fsp3) is 0.455. The molecule has 0 aliphatic heterocycles. The Morgan fingerprint density at radius 2 is 1.89 bits per heavy atom. The molecule has 6 nitrogen and oxygen atoms in total. The Labute approximate surface area is 167 Å². The van der Waals surface area contributed by atoms with Gasteiger partial charge >= 0.3 is 0 Å². The van der Waals surface area contributed by atoms with Crippen molar-refractivity contribution in [3.05, 3.63) is 41.6 Å². The van der Waals surface area contributed by atoms with E-state index in [0.717, 1.165) is 47.5 Å². The predicted molar refractivity (Wildman–Crippen MR) is 112 cm³/mol. The van der Waals surface area contributed by atoms with Crippen molar-refractivity contribution in [1.82, 2.24) is 4.98 Å². The van der Waals surface area contributed by atoms with E-state index in [1.54, 1.807) is 7.11 Å². The molecule has 1 heterocycles. The second-order valence-electron chi connectivity index (χ2n) is 7.44. The molecule has 0 radical (unpaired) electrons. The van der Waals surface area contributed by atoms with E-state index >= 15 is 0 Å². The van der Waals surface area contributed by atoms with Gasteiger partial charge in [-0.3, -0.25) is 0 Å². The first-order valence-corrected chi connectivity index (χ1v) is 9.66. The number of hydrogen-bond donors (Lipinski definition) is 0. The first-order chi connectivity index (χ1) is 13.5. The number of carbonyl (C=O) groups excluding carboxylic acids is 1. The number of hydrogen-bond acceptors (Lipinski definition) is 6. The standard InChI is InChI=1S/C22H29N3O3/c1-24(2)22-9-8-18(14-23-22)25(3)15-17-13-21(28-19-6-5-7-19)20(27-4)12-16(17)10-11-26/h8-9,11-14,19H,5-7,10,15H2,1-4H3. The van der Waals surface area contributed by atoms with Gasteiger partial charge in [0.1, 0.15) is 12.1 Å². The number of ether oxygens (including phenoxy) is 2. The predicted octanol–water partition coefficient (Wildman–Crippen LogP) is 3.47. The molecule has 0 spiro atoms. The zero-order valence-electron chi connectivity index (χ0n) is 17.1. The van der Waals surface area contributed by atoms with E-state index in [1.807, 2.05) is 50.4 Å². The summed E-state index contributed by atoms with van der Waals surface area (Å²) in [5, 5.41) is 0. The number of benzene rings is 1. The fourth-order valence-electron chi connectivity index (χ4n) is 3.21. The molecule has 0 atom stereocenters. The van der Waals surface area contributed by atoms with Gasteiger partial charge in [-0.2, -0.15) is 0 Å². The van der Waals surface area contributed by atoms with Crippen LogP contribution in [0.4, 0.5) is 11.5 Å². The van der Waals surface area contributed by atoms with Crippen LogP contribution in [0, 0.1) is 0 Å². The van der Waals surface area contributed by atoms with Gasteiger partial charge in [0.15, 0.2) is 11.5 Å². The fourth-order valence-corrected chi connectivity index (χ4v) is 3.21. The molecule has 0 bridgehead atoms. The lowest BCUT2D eigenvalue weighted by atomic mass is 9.96. The first kappa shape index (κ1) is 20.0. The maximum Gasteiger partial charge on any atom is 0.161 e. The molecular formula is C22H29N3O3. The summed E-state index contributed by atoms with van der Waals surface area (Å²) in [6, 6.07) is 8.00. The minimum Gasteiger partial charge on any atom is -0.493 e. The van der Waals surface area contributed by atoms with E-state index in [1.165, 1.54) is 6.42 Å². The van der Waals surface area contributed by atoms with Crippen LogP contribution in [0.1, 0.15) is 30.4 Å². The van der Waals surface area contributed by atoms with Gasteiger partial charge in [0.05, 0.1) is 25.1 Å². The van der Waals surface area contributed by atoms with Crippen LogP contribution in [0.25, 0.3) is 0 Å². The highest BCUT2D eigenvalue weighted by Crippen LogP contribution is 2.35. The van der Waals surface area contributed by atoms with Crippen molar-refractivity contribution in [2.24, 2.45) is 0 Å².